The van der Waals surface area contributed by atoms with Crippen LogP contribution in [0.1, 0.15) is 39.3 Å². The minimum atomic E-state index is -3.43. The lowest BCUT2D eigenvalue weighted by atomic mass is 9.97. The van der Waals surface area contributed by atoms with Crippen LogP contribution in [-0.2, 0) is 10.2 Å². The van der Waals surface area contributed by atoms with Crippen molar-refractivity contribution in [1.29, 1.82) is 0 Å². The molecule has 1 atom stereocenters. The predicted octanol–water partition coefficient (Wildman–Crippen LogP) is 2.56. The van der Waals surface area contributed by atoms with E-state index in [0.29, 0.717) is 13.1 Å². The van der Waals surface area contributed by atoms with Crippen LogP contribution in [0, 0.1) is 5.92 Å². The highest BCUT2D eigenvalue weighted by Gasteiger charge is 2.25. The second-order valence-electron chi connectivity index (χ2n) is 4.84. The second-order valence-corrected chi connectivity index (χ2v) is 6.54. The van der Waals surface area contributed by atoms with E-state index in [9.17, 15) is 8.42 Å². The van der Waals surface area contributed by atoms with Crippen LogP contribution < -0.4 is 4.72 Å². The fourth-order valence-corrected chi connectivity index (χ4v) is 3.61. The van der Waals surface area contributed by atoms with Gasteiger partial charge >= 0.3 is 0 Å². The molecule has 0 unspecified atom stereocenters. The van der Waals surface area contributed by atoms with Crippen molar-refractivity contribution in [3.8, 4) is 0 Å². The largest absolute Gasteiger partial charge is 0.279 e. The van der Waals surface area contributed by atoms with Crippen molar-refractivity contribution >= 4 is 10.2 Å². The van der Waals surface area contributed by atoms with E-state index in [1.54, 1.807) is 0 Å². The van der Waals surface area contributed by atoms with Crippen LogP contribution in [0.2, 0.25) is 0 Å². The van der Waals surface area contributed by atoms with Gasteiger partial charge in [-0.2, -0.15) is 17.4 Å². The fourth-order valence-electron chi connectivity index (χ4n) is 2.05. The van der Waals surface area contributed by atoms with E-state index in [2.05, 4.69) is 4.72 Å². The Morgan fingerprint density at radius 1 is 1.11 bits per heavy atom. The molecule has 1 aromatic rings. The molecule has 5 heteroatoms. The van der Waals surface area contributed by atoms with Crippen LogP contribution in [-0.4, -0.2) is 25.8 Å². The Labute approximate surface area is 117 Å². The van der Waals surface area contributed by atoms with E-state index in [1.165, 1.54) is 4.31 Å². The Kier molecular flexibility index (Phi) is 5.97. The lowest BCUT2D eigenvalue weighted by molar-refractivity contribution is 0.403. The zero-order chi connectivity index (χ0) is 14.5. The molecule has 1 N–H and O–H groups in total. The van der Waals surface area contributed by atoms with Gasteiger partial charge in [0.1, 0.15) is 0 Å². The summed E-state index contributed by atoms with van der Waals surface area (Å²) in [6.07, 6.45) is 0. The molecular formula is C14H24N2O2S. The monoisotopic (exact) mass is 284 g/mol. The summed E-state index contributed by atoms with van der Waals surface area (Å²) in [7, 11) is -3.43. The maximum Gasteiger partial charge on any atom is 0.279 e. The molecule has 0 aliphatic carbocycles. The molecule has 4 nitrogen and oxygen atoms in total. The quantitative estimate of drug-likeness (QED) is 0.836. The molecule has 0 saturated carbocycles. The van der Waals surface area contributed by atoms with Gasteiger partial charge in [0.25, 0.3) is 10.2 Å². The standard InChI is InChI=1S/C14H24N2O2S/c1-5-16(6-2)19(17,18)15-14(12(3)4)13-10-8-7-9-11-13/h7-12,14-15H,5-6H2,1-4H3/t14-/m0/s1. The van der Waals surface area contributed by atoms with Gasteiger partial charge in [-0.25, -0.2) is 0 Å². The molecule has 0 saturated heterocycles. The summed E-state index contributed by atoms with van der Waals surface area (Å²) in [5.74, 6) is 0.188. The maximum absolute atomic E-state index is 12.3. The highest BCUT2D eigenvalue weighted by molar-refractivity contribution is 7.87. The van der Waals surface area contributed by atoms with Gasteiger partial charge in [0.05, 0.1) is 6.04 Å². The van der Waals surface area contributed by atoms with Crippen molar-refractivity contribution in [2.24, 2.45) is 5.92 Å². The number of hydrogen-bond acceptors (Lipinski definition) is 2. The molecule has 0 fully saturated rings. The lowest BCUT2D eigenvalue weighted by Crippen LogP contribution is -2.43. The van der Waals surface area contributed by atoms with Crippen LogP contribution in [0.4, 0.5) is 0 Å². The summed E-state index contributed by atoms with van der Waals surface area (Å²) < 4.78 is 28.8. The average molecular weight is 284 g/mol. The van der Waals surface area contributed by atoms with Gasteiger partial charge in [0, 0.05) is 13.1 Å². The number of hydrogen-bond donors (Lipinski definition) is 1. The van der Waals surface area contributed by atoms with Crippen LogP contribution >= 0.6 is 0 Å². The van der Waals surface area contributed by atoms with Gasteiger partial charge in [-0.3, -0.25) is 0 Å². The Hall–Kier alpha value is -0.910. The highest BCUT2D eigenvalue weighted by Crippen LogP contribution is 2.22. The third-order valence-corrected chi connectivity index (χ3v) is 4.89. The second kappa shape index (κ2) is 7.03. The number of nitrogens with one attached hydrogen (secondary N) is 1. The van der Waals surface area contributed by atoms with Crippen molar-refractivity contribution in [3.63, 3.8) is 0 Å². The van der Waals surface area contributed by atoms with E-state index in [4.69, 9.17) is 0 Å². The van der Waals surface area contributed by atoms with E-state index >= 15 is 0 Å². The van der Waals surface area contributed by atoms with E-state index < -0.39 is 10.2 Å². The minimum Gasteiger partial charge on any atom is -0.195 e. The van der Waals surface area contributed by atoms with Gasteiger partial charge < -0.3 is 0 Å². The average Bonchev–Trinajstić information content (AvgIpc) is 2.38. The molecule has 0 heterocycles. The SMILES string of the molecule is CCN(CC)S(=O)(=O)N[C@H](c1ccccc1)C(C)C. The van der Waals surface area contributed by atoms with Gasteiger partial charge in [-0.15, -0.1) is 0 Å². The lowest BCUT2D eigenvalue weighted by Gasteiger charge is -2.27. The third-order valence-electron chi connectivity index (χ3n) is 3.15. The Morgan fingerprint density at radius 3 is 2.05 bits per heavy atom. The summed E-state index contributed by atoms with van der Waals surface area (Å²) in [6, 6.07) is 9.49. The van der Waals surface area contributed by atoms with Gasteiger partial charge in [-0.1, -0.05) is 58.0 Å². The predicted molar refractivity (Wildman–Crippen MR) is 79.0 cm³/mol. The molecule has 108 valence electrons. The first-order valence-electron chi connectivity index (χ1n) is 6.74. The van der Waals surface area contributed by atoms with Gasteiger partial charge in [0.15, 0.2) is 0 Å². The Balaban J connectivity index is 2.98. The maximum atomic E-state index is 12.3. The Morgan fingerprint density at radius 2 is 1.63 bits per heavy atom. The topological polar surface area (TPSA) is 49.4 Å². The van der Waals surface area contributed by atoms with Crippen LogP contribution in [0.5, 0.6) is 0 Å². The van der Waals surface area contributed by atoms with Crippen molar-refractivity contribution in [1.82, 2.24) is 9.03 Å². The van der Waals surface area contributed by atoms with Crippen molar-refractivity contribution in [2.45, 2.75) is 33.7 Å². The first-order valence-corrected chi connectivity index (χ1v) is 8.18. The van der Waals surface area contributed by atoms with Gasteiger partial charge in [-0.05, 0) is 11.5 Å². The van der Waals surface area contributed by atoms with Crippen molar-refractivity contribution < 1.29 is 8.42 Å². The minimum absolute atomic E-state index is 0.188. The summed E-state index contributed by atoms with van der Waals surface area (Å²) in [5, 5.41) is 0. The first-order chi connectivity index (χ1) is 8.92. The molecule has 0 aliphatic rings. The third kappa shape index (κ3) is 4.30. The molecular weight excluding hydrogens is 260 g/mol. The normalized spacial score (nSPS) is 14.0. The molecule has 1 aromatic carbocycles. The van der Waals surface area contributed by atoms with Crippen molar-refractivity contribution in [3.05, 3.63) is 35.9 Å². The summed E-state index contributed by atoms with van der Waals surface area (Å²) in [5.41, 5.74) is 0.994. The molecule has 0 bridgehead atoms. The molecule has 0 radical (unpaired) electrons. The van der Waals surface area contributed by atoms with Crippen LogP contribution in [0.25, 0.3) is 0 Å². The molecule has 0 spiro atoms. The summed E-state index contributed by atoms with van der Waals surface area (Å²) >= 11 is 0. The smallest absolute Gasteiger partial charge is 0.195 e. The zero-order valence-electron chi connectivity index (χ0n) is 12.1. The zero-order valence-corrected chi connectivity index (χ0v) is 12.9. The summed E-state index contributed by atoms with van der Waals surface area (Å²) in [4.78, 5) is 0. The van der Waals surface area contributed by atoms with Crippen LogP contribution in [0.15, 0.2) is 30.3 Å². The Bertz CT molecular complexity index is 467. The summed E-state index contributed by atoms with van der Waals surface area (Å²) in [6.45, 7) is 8.67. The van der Waals surface area contributed by atoms with E-state index in [1.807, 2.05) is 58.0 Å². The molecule has 0 amide bonds. The highest BCUT2D eigenvalue weighted by atomic mass is 32.2. The number of rotatable bonds is 7. The number of nitrogens with zero attached hydrogens (tertiary/aromatic N) is 1. The fraction of sp³-hybridized carbons (Fsp3) is 0.571. The van der Waals surface area contributed by atoms with E-state index in [-0.39, 0.29) is 12.0 Å². The van der Waals surface area contributed by atoms with Crippen LogP contribution in [0.3, 0.4) is 0 Å². The van der Waals surface area contributed by atoms with Crippen molar-refractivity contribution in [2.75, 3.05) is 13.1 Å². The molecule has 1 rings (SSSR count). The molecule has 0 aliphatic heterocycles. The number of benzene rings is 1. The van der Waals surface area contributed by atoms with E-state index in [0.717, 1.165) is 5.56 Å². The molecule has 0 aromatic heterocycles. The van der Waals surface area contributed by atoms with Gasteiger partial charge in [0.2, 0.25) is 0 Å². The molecule has 19 heavy (non-hydrogen) atoms. The first kappa shape index (κ1) is 16.1.